The molecule has 5 unspecified atom stereocenters. The SMILES string of the molecule is Cc1ccc(N(C)C)cc1C1CC2(C)C(O)CCC2C2CCC3=CC(=O)CCC3=C12. The Morgan fingerprint density at radius 3 is 2.67 bits per heavy atom. The molecule has 0 saturated heterocycles. The molecule has 3 heteroatoms. The van der Waals surface area contributed by atoms with Crippen molar-refractivity contribution in [3.8, 4) is 0 Å². The van der Waals surface area contributed by atoms with Crippen LogP contribution in [0, 0.1) is 24.2 Å². The first-order valence-corrected chi connectivity index (χ1v) is 11.7. The molecular weight excluding hydrogens is 370 g/mol. The first-order chi connectivity index (χ1) is 14.3. The summed E-state index contributed by atoms with van der Waals surface area (Å²) in [5.74, 6) is 1.76. The molecular formula is C27H35NO2. The van der Waals surface area contributed by atoms with Crippen LogP contribution in [0.25, 0.3) is 0 Å². The molecule has 0 amide bonds. The van der Waals surface area contributed by atoms with Crippen LogP contribution in [0.2, 0.25) is 0 Å². The number of hydrogen-bond acceptors (Lipinski definition) is 3. The molecule has 5 rings (SSSR count). The van der Waals surface area contributed by atoms with Crippen molar-refractivity contribution in [1.29, 1.82) is 0 Å². The van der Waals surface area contributed by atoms with Gasteiger partial charge in [-0.1, -0.05) is 18.6 Å². The van der Waals surface area contributed by atoms with Crippen LogP contribution in [-0.2, 0) is 4.79 Å². The molecule has 30 heavy (non-hydrogen) atoms. The number of anilines is 1. The van der Waals surface area contributed by atoms with Crippen LogP contribution in [0.3, 0.4) is 0 Å². The molecule has 160 valence electrons. The van der Waals surface area contributed by atoms with Crippen molar-refractivity contribution in [2.75, 3.05) is 19.0 Å². The van der Waals surface area contributed by atoms with Crippen molar-refractivity contribution in [1.82, 2.24) is 0 Å². The highest BCUT2D eigenvalue weighted by molar-refractivity contribution is 5.93. The highest BCUT2D eigenvalue weighted by atomic mass is 16.3. The number of aryl methyl sites for hydroxylation is 1. The fourth-order valence-electron chi connectivity index (χ4n) is 7.19. The van der Waals surface area contributed by atoms with E-state index >= 15 is 0 Å². The summed E-state index contributed by atoms with van der Waals surface area (Å²) in [7, 11) is 4.21. The smallest absolute Gasteiger partial charge is 0.156 e. The molecule has 1 aromatic rings. The summed E-state index contributed by atoms with van der Waals surface area (Å²) in [5, 5.41) is 11.0. The van der Waals surface area contributed by atoms with Gasteiger partial charge in [0.25, 0.3) is 0 Å². The Balaban J connectivity index is 1.71. The monoisotopic (exact) mass is 405 g/mol. The molecule has 2 saturated carbocycles. The number of carbonyl (C=O) groups is 1. The van der Waals surface area contributed by atoms with E-state index in [9.17, 15) is 9.90 Å². The van der Waals surface area contributed by atoms with Gasteiger partial charge in [0.05, 0.1) is 6.10 Å². The number of aliphatic hydroxyl groups is 1. The maximum Gasteiger partial charge on any atom is 0.156 e. The van der Waals surface area contributed by atoms with E-state index in [1.165, 1.54) is 28.0 Å². The maximum atomic E-state index is 12.1. The van der Waals surface area contributed by atoms with Crippen molar-refractivity contribution in [3.63, 3.8) is 0 Å². The van der Waals surface area contributed by atoms with E-state index < -0.39 is 0 Å². The lowest BCUT2D eigenvalue weighted by Crippen LogP contribution is -2.45. The van der Waals surface area contributed by atoms with E-state index in [-0.39, 0.29) is 11.5 Å². The number of aliphatic hydroxyl groups excluding tert-OH is 1. The van der Waals surface area contributed by atoms with Crippen molar-refractivity contribution in [3.05, 3.63) is 52.1 Å². The number of benzene rings is 1. The number of allylic oxidation sites excluding steroid dienone is 4. The molecule has 0 heterocycles. The van der Waals surface area contributed by atoms with Gasteiger partial charge in [0, 0.05) is 32.1 Å². The van der Waals surface area contributed by atoms with E-state index in [0.29, 0.717) is 30.0 Å². The summed E-state index contributed by atoms with van der Waals surface area (Å²) in [5.41, 5.74) is 8.42. The predicted octanol–water partition coefficient (Wildman–Crippen LogP) is 5.32. The van der Waals surface area contributed by atoms with Gasteiger partial charge >= 0.3 is 0 Å². The van der Waals surface area contributed by atoms with Crippen LogP contribution in [0.5, 0.6) is 0 Å². The topological polar surface area (TPSA) is 40.5 Å². The summed E-state index contributed by atoms with van der Waals surface area (Å²) in [4.78, 5) is 14.3. The molecule has 1 aromatic carbocycles. The Morgan fingerprint density at radius 2 is 1.90 bits per heavy atom. The fraction of sp³-hybridized carbons (Fsp3) is 0.593. The molecule has 0 radical (unpaired) electrons. The fourth-order valence-corrected chi connectivity index (χ4v) is 7.19. The number of carbonyl (C=O) groups excluding carboxylic acids is 1. The molecule has 0 aromatic heterocycles. The number of hydrogen-bond donors (Lipinski definition) is 1. The van der Waals surface area contributed by atoms with Gasteiger partial charge in [0.1, 0.15) is 0 Å². The number of rotatable bonds is 2. The van der Waals surface area contributed by atoms with Gasteiger partial charge in [-0.25, -0.2) is 0 Å². The molecule has 0 aliphatic heterocycles. The van der Waals surface area contributed by atoms with Gasteiger partial charge in [0.15, 0.2) is 5.78 Å². The van der Waals surface area contributed by atoms with E-state index in [4.69, 9.17) is 0 Å². The summed E-state index contributed by atoms with van der Waals surface area (Å²) in [6, 6.07) is 6.84. The van der Waals surface area contributed by atoms with Crippen LogP contribution in [0.4, 0.5) is 5.69 Å². The molecule has 0 spiro atoms. The number of fused-ring (bicyclic) bond motifs is 4. The molecule has 1 N–H and O–H groups in total. The predicted molar refractivity (Wildman–Crippen MR) is 122 cm³/mol. The van der Waals surface area contributed by atoms with Gasteiger partial charge in [-0.2, -0.15) is 0 Å². The van der Waals surface area contributed by atoms with Gasteiger partial charge in [-0.3, -0.25) is 4.79 Å². The molecule has 4 aliphatic carbocycles. The normalized spacial score (nSPS) is 35.5. The van der Waals surface area contributed by atoms with E-state index in [1.54, 1.807) is 5.57 Å². The van der Waals surface area contributed by atoms with E-state index in [0.717, 1.165) is 38.5 Å². The Bertz CT molecular complexity index is 956. The van der Waals surface area contributed by atoms with Crippen molar-refractivity contribution < 1.29 is 9.90 Å². The highest BCUT2D eigenvalue weighted by Gasteiger charge is 2.56. The molecule has 2 fully saturated rings. The lowest BCUT2D eigenvalue weighted by atomic mass is 9.53. The van der Waals surface area contributed by atoms with Crippen molar-refractivity contribution in [2.45, 2.75) is 70.8 Å². The number of ketones is 1. The van der Waals surface area contributed by atoms with Crippen LogP contribution in [0.15, 0.2) is 41.0 Å². The minimum Gasteiger partial charge on any atom is -0.393 e. The maximum absolute atomic E-state index is 12.1. The van der Waals surface area contributed by atoms with Gasteiger partial charge in [0.2, 0.25) is 0 Å². The zero-order valence-electron chi connectivity index (χ0n) is 18.9. The van der Waals surface area contributed by atoms with Gasteiger partial charge < -0.3 is 10.0 Å². The van der Waals surface area contributed by atoms with Crippen LogP contribution in [0.1, 0.15) is 68.9 Å². The summed E-state index contributed by atoms with van der Waals surface area (Å²) >= 11 is 0. The Hall–Kier alpha value is -1.87. The minimum atomic E-state index is -0.196. The second-order valence-electron chi connectivity index (χ2n) is 10.6. The lowest BCUT2D eigenvalue weighted by molar-refractivity contribution is -0.114. The zero-order chi connectivity index (χ0) is 21.2. The second kappa shape index (κ2) is 7.09. The summed E-state index contributed by atoms with van der Waals surface area (Å²) < 4.78 is 0. The minimum absolute atomic E-state index is 0.00828. The van der Waals surface area contributed by atoms with Crippen LogP contribution in [-0.4, -0.2) is 31.1 Å². The molecule has 3 nitrogen and oxygen atoms in total. The second-order valence-corrected chi connectivity index (χ2v) is 10.6. The summed E-state index contributed by atoms with van der Waals surface area (Å²) in [6.45, 7) is 4.59. The average molecular weight is 406 g/mol. The quantitative estimate of drug-likeness (QED) is 0.724. The van der Waals surface area contributed by atoms with E-state index in [1.807, 2.05) is 6.08 Å². The zero-order valence-corrected chi connectivity index (χ0v) is 18.9. The average Bonchev–Trinajstić information content (AvgIpc) is 3.01. The molecule has 0 bridgehead atoms. The Kier molecular flexibility index (Phi) is 4.74. The van der Waals surface area contributed by atoms with Crippen LogP contribution >= 0.6 is 0 Å². The molecule has 4 aliphatic rings. The van der Waals surface area contributed by atoms with Crippen LogP contribution < -0.4 is 4.90 Å². The first-order valence-electron chi connectivity index (χ1n) is 11.7. The number of nitrogens with zero attached hydrogens (tertiary/aromatic N) is 1. The highest BCUT2D eigenvalue weighted by Crippen LogP contribution is 2.64. The first kappa shape index (κ1) is 20.1. The third-order valence-electron chi connectivity index (χ3n) is 8.84. The third kappa shape index (κ3) is 2.92. The molecule has 5 atom stereocenters. The van der Waals surface area contributed by atoms with Crippen molar-refractivity contribution >= 4 is 11.5 Å². The largest absolute Gasteiger partial charge is 0.393 e. The van der Waals surface area contributed by atoms with Gasteiger partial charge in [-0.05, 0) is 103 Å². The Morgan fingerprint density at radius 1 is 1.10 bits per heavy atom. The van der Waals surface area contributed by atoms with Gasteiger partial charge in [-0.15, -0.1) is 0 Å². The Labute approximate surface area is 180 Å². The van der Waals surface area contributed by atoms with E-state index in [2.05, 4.69) is 51.0 Å². The standard InChI is InChI=1S/C27H35NO2/c1-16-5-7-18(28(3)4)14-22(16)23-15-27(2)24(11-12-25(27)30)21-9-6-17-13-19(29)8-10-20(17)26(21)23/h5,7,13-14,21,23-25,30H,6,8-12,15H2,1-4H3. The third-order valence-corrected chi connectivity index (χ3v) is 8.84. The lowest BCUT2D eigenvalue weighted by Gasteiger charge is -2.52. The van der Waals surface area contributed by atoms with Crippen molar-refractivity contribution in [2.24, 2.45) is 17.3 Å². The summed E-state index contributed by atoms with van der Waals surface area (Å²) in [6.07, 6.45) is 8.57.